The van der Waals surface area contributed by atoms with E-state index in [2.05, 4.69) is 51.5 Å². The maximum absolute atomic E-state index is 6.10. The van der Waals surface area contributed by atoms with E-state index in [1.54, 1.807) is 0 Å². The Morgan fingerprint density at radius 3 is 2.62 bits per heavy atom. The van der Waals surface area contributed by atoms with E-state index >= 15 is 0 Å². The standard InChI is InChI=1S/C22H21N7/c1-13-17-9-5-7-11-28(17)20(16-8-4-6-10-24-16)18(13)15(3)29-22-19(14(2)27-29)21(23)25-12-26-22/h4-12,15H,1-3H3,(H2,23,25,26). The fourth-order valence-corrected chi connectivity index (χ4v) is 4.23. The van der Waals surface area contributed by atoms with Crippen LogP contribution in [0.25, 0.3) is 27.9 Å². The first-order valence-electron chi connectivity index (χ1n) is 9.54. The summed E-state index contributed by atoms with van der Waals surface area (Å²) in [5.74, 6) is 0.453. The van der Waals surface area contributed by atoms with Crippen LogP contribution in [0.15, 0.2) is 55.1 Å². The zero-order chi connectivity index (χ0) is 20.1. The van der Waals surface area contributed by atoms with Crippen molar-refractivity contribution in [3.05, 3.63) is 71.9 Å². The molecule has 29 heavy (non-hydrogen) atoms. The Labute approximate surface area is 167 Å². The van der Waals surface area contributed by atoms with Crippen molar-refractivity contribution in [1.82, 2.24) is 29.1 Å². The van der Waals surface area contributed by atoms with Crippen LogP contribution in [-0.4, -0.2) is 29.1 Å². The Hall–Kier alpha value is -3.74. The topological polar surface area (TPSA) is 86.9 Å². The maximum atomic E-state index is 6.10. The van der Waals surface area contributed by atoms with Crippen molar-refractivity contribution in [2.45, 2.75) is 26.8 Å². The lowest BCUT2D eigenvalue weighted by atomic mass is 10.0. The highest BCUT2D eigenvalue weighted by Gasteiger charge is 2.26. The number of nitrogens with zero attached hydrogens (tertiary/aromatic N) is 6. The van der Waals surface area contributed by atoms with Gasteiger partial charge in [-0.3, -0.25) is 4.98 Å². The minimum absolute atomic E-state index is 0.0718. The molecule has 0 aliphatic heterocycles. The molecule has 5 aromatic rings. The summed E-state index contributed by atoms with van der Waals surface area (Å²) < 4.78 is 4.14. The van der Waals surface area contributed by atoms with Crippen molar-refractivity contribution >= 4 is 22.4 Å². The van der Waals surface area contributed by atoms with Crippen molar-refractivity contribution in [3.8, 4) is 11.4 Å². The number of anilines is 1. The van der Waals surface area contributed by atoms with Gasteiger partial charge in [-0.25, -0.2) is 14.6 Å². The summed E-state index contributed by atoms with van der Waals surface area (Å²) in [6.07, 6.45) is 5.39. The van der Waals surface area contributed by atoms with Gasteiger partial charge in [-0.1, -0.05) is 12.1 Å². The first-order chi connectivity index (χ1) is 14.1. The Morgan fingerprint density at radius 1 is 1.00 bits per heavy atom. The highest BCUT2D eigenvalue weighted by molar-refractivity contribution is 5.88. The van der Waals surface area contributed by atoms with E-state index in [4.69, 9.17) is 10.8 Å². The molecule has 7 nitrogen and oxygen atoms in total. The number of nitrogen functional groups attached to an aromatic ring is 1. The summed E-state index contributed by atoms with van der Waals surface area (Å²) >= 11 is 0. The predicted molar refractivity (Wildman–Crippen MR) is 114 cm³/mol. The van der Waals surface area contributed by atoms with Crippen molar-refractivity contribution in [3.63, 3.8) is 0 Å². The summed E-state index contributed by atoms with van der Waals surface area (Å²) in [7, 11) is 0. The second-order valence-corrected chi connectivity index (χ2v) is 7.22. The van der Waals surface area contributed by atoms with Crippen LogP contribution < -0.4 is 5.73 Å². The SMILES string of the molecule is Cc1nn(C(C)c2c(C)c3ccccn3c2-c2ccccn2)c2ncnc(N)c12. The molecule has 144 valence electrons. The molecule has 0 saturated heterocycles. The molecule has 0 fully saturated rings. The molecule has 1 atom stereocenters. The molecule has 1 unspecified atom stereocenters. The van der Waals surface area contributed by atoms with Crippen molar-refractivity contribution in [2.24, 2.45) is 0 Å². The van der Waals surface area contributed by atoms with E-state index in [1.807, 2.05) is 42.1 Å². The van der Waals surface area contributed by atoms with Gasteiger partial charge in [0.25, 0.3) is 0 Å². The van der Waals surface area contributed by atoms with Gasteiger partial charge in [0.2, 0.25) is 0 Å². The molecular weight excluding hydrogens is 362 g/mol. The number of aryl methyl sites for hydroxylation is 2. The Bertz CT molecular complexity index is 1350. The lowest BCUT2D eigenvalue weighted by Gasteiger charge is -2.16. The molecule has 0 spiro atoms. The molecule has 2 N–H and O–H groups in total. The molecule has 5 aromatic heterocycles. The summed E-state index contributed by atoms with van der Waals surface area (Å²) in [5.41, 5.74) is 13.2. The zero-order valence-corrected chi connectivity index (χ0v) is 16.5. The van der Waals surface area contributed by atoms with Gasteiger partial charge in [0.05, 0.1) is 28.5 Å². The highest BCUT2D eigenvalue weighted by Crippen LogP contribution is 2.37. The molecule has 7 heteroatoms. The number of pyridine rings is 2. The van der Waals surface area contributed by atoms with Gasteiger partial charge in [0.1, 0.15) is 12.1 Å². The highest BCUT2D eigenvalue weighted by atomic mass is 15.3. The van der Waals surface area contributed by atoms with Crippen LogP contribution >= 0.6 is 0 Å². The minimum Gasteiger partial charge on any atom is -0.383 e. The van der Waals surface area contributed by atoms with Gasteiger partial charge in [0, 0.05) is 23.5 Å². The third-order valence-corrected chi connectivity index (χ3v) is 5.53. The lowest BCUT2D eigenvalue weighted by Crippen LogP contribution is -2.11. The quantitative estimate of drug-likeness (QED) is 0.510. The molecule has 0 saturated carbocycles. The molecule has 0 radical (unpaired) electrons. The largest absolute Gasteiger partial charge is 0.383 e. The molecule has 0 bridgehead atoms. The van der Waals surface area contributed by atoms with Crippen molar-refractivity contribution in [1.29, 1.82) is 0 Å². The van der Waals surface area contributed by atoms with Gasteiger partial charge in [0.15, 0.2) is 5.65 Å². The fourth-order valence-electron chi connectivity index (χ4n) is 4.23. The number of nitrogens with two attached hydrogens (primary N) is 1. The van der Waals surface area contributed by atoms with Crippen LogP contribution in [0.1, 0.15) is 29.8 Å². The molecule has 0 aromatic carbocycles. The number of aromatic nitrogens is 6. The van der Waals surface area contributed by atoms with Crippen molar-refractivity contribution < 1.29 is 0 Å². The molecule has 0 aliphatic rings. The fraction of sp³-hybridized carbons (Fsp3) is 0.182. The predicted octanol–water partition coefficient (Wildman–Crippen LogP) is 3.95. The van der Waals surface area contributed by atoms with Crippen LogP contribution in [0.3, 0.4) is 0 Å². The van der Waals surface area contributed by atoms with E-state index < -0.39 is 0 Å². The van der Waals surface area contributed by atoms with E-state index in [0.29, 0.717) is 5.82 Å². The van der Waals surface area contributed by atoms with E-state index in [0.717, 1.165) is 39.2 Å². The normalized spacial score (nSPS) is 12.7. The van der Waals surface area contributed by atoms with Gasteiger partial charge in [-0.2, -0.15) is 5.10 Å². The summed E-state index contributed by atoms with van der Waals surface area (Å²) in [5, 5.41) is 5.58. The minimum atomic E-state index is -0.0718. The van der Waals surface area contributed by atoms with Crippen LogP contribution in [0.2, 0.25) is 0 Å². The number of rotatable bonds is 3. The van der Waals surface area contributed by atoms with Crippen LogP contribution in [0.4, 0.5) is 5.82 Å². The Morgan fingerprint density at radius 2 is 1.83 bits per heavy atom. The second-order valence-electron chi connectivity index (χ2n) is 7.22. The van der Waals surface area contributed by atoms with Crippen LogP contribution in [-0.2, 0) is 0 Å². The molecule has 5 rings (SSSR count). The average molecular weight is 383 g/mol. The van der Waals surface area contributed by atoms with E-state index in [-0.39, 0.29) is 6.04 Å². The molecular formula is C22H21N7. The zero-order valence-electron chi connectivity index (χ0n) is 16.5. The van der Waals surface area contributed by atoms with Gasteiger partial charge < -0.3 is 10.1 Å². The van der Waals surface area contributed by atoms with Gasteiger partial charge in [-0.05, 0) is 50.6 Å². The summed E-state index contributed by atoms with van der Waals surface area (Å²) in [6, 6.07) is 12.1. The molecule has 5 heterocycles. The Kier molecular flexibility index (Phi) is 3.84. The van der Waals surface area contributed by atoms with Gasteiger partial charge >= 0.3 is 0 Å². The lowest BCUT2D eigenvalue weighted by molar-refractivity contribution is 0.573. The first-order valence-corrected chi connectivity index (χ1v) is 9.54. The van der Waals surface area contributed by atoms with Crippen molar-refractivity contribution in [2.75, 3.05) is 5.73 Å². The number of hydrogen-bond donors (Lipinski definition) is 1. The average Bonchev–Trinajstić information content (AvgIpc) is 3.24. The third kappa shape index (κ3) is 2.51. The van der Waals surface area contributed by atoms with Crippen LogP contribution in [0, 0.1) is 13.8 Å². The third-order valence-electron chi connectivity index (χ3n) is 5.53. The monoisotopic (exact) mass is 383 g/mol. The smallest absolute Gasteiger partial charge is 0.164 e. The number of hydrogen-bond acceptors (Lipinski definition) is 5. The Balaban J connectivity index is 1.82. The van der Waals surface area contributed by atoms with Gasteiger partial charge in [-0.15, -0.1) is 0 Å². The molecule has 0 amide bonds. The number of fused-ring (bicyclic) bond motifs is 2. The van der Waals surface area contributed by atoms with E-state index in [9.17, 15) is 0 Å². The molecule has 0 aliphatic carbocycles. The van der Waals surface area contributed by atoms with E-state index in [1.165, 1.54) is 11.9 Å². The second kappa shape index (κ2) is 6.41. The summed E-state index contributed by atoms with van der Waals surface area (Å²) in [4.78, 5) is 13.2. The summed E-state index contributed by atoms with van der Waals surface area (Å²) in [6.45, 7) is 6.22. The first kappa shape index (κ1) is 17.4. The van der Waals surface area contributed by atoms with Crippen LogP contribution in [0.5, 0.6) is 0 Å². The maximum Gasteiger partial charge on any atom is 0.164 e.